The van der Waals surface area contributed by atoms with Crippen LogP contribution < -0.4 is 10.6 Å². The van der Waals surface area contributed by atoms with Crippen LogP contribution in [0.25, 0.3) is 0 Å². The second-order valence-electron chi connectivity index (χ2n) is 5.70. The number of carbonyl (C=O) groups is 1. The fourth-order valence-electron chi connectivity index (χ4n) is 3.67. The number of rotatable bonds is 1. The normalized spacial score (nSPS) is 26.9. The van der Waals surface area contributed by atoms with Crippen LogP contribution in [-0.2, 0) is 10.2 Å². The zero-order valence-electron chi connectivity index (χ0n) is 11.5. The predicted molar refractivity (Wildman–Crippen MR) is 80.2 cm³/mol. The van der Waals surface area contributed by atoms with Crippen molar-refractivity contribution in [2.24, 2.45) is 0 Å². The highest BCUT2D eigenvalue weighted by Crippen LogP contribution is 2.50. The number of hydrogen-bond acceptors (Lipinski definition) is 3. The molecular formula is C17H16N2O2. The van der Waals surface area contributed by atoms with E-state index in [4.69, 9.17) is 0 Å². The Morgan fingerprint density at radius 2 is 1.86 bits per heavy atom. The topological polar surface area (TPSA) is 61.4 Å². The number of amides is 1. The van der Waals surface area contributed by atoms with E-state index in [1.165, 1.54) is 0 Å². The molecule has 1 fully saturated rings. The van der Waals surface area contributed by atoms with Gasteiger partial charge in [0.1, 0.15) is 5.75 Å². The van der Waals surface area contributed by atoms with Gasteiger partial charge in [0, 0.05) is 5.69 Å². The molecule has 1 saturated heterocycles. The minimum atomic E-state index is -0.548. The smallest absolute Gasteiger partial charge is 0.237 e. The maximum atomic E-state index is 12.7. The van der Waals surface area contributed by atoms with Crippen molar-refractivity contribution in [2.75, 3.05) is 11.9 Å². The first kappa shape index (κ1) is 12.4. The average Bonchev–Trinajstić information content (AvgIpc) is 3.05. The first-order chi connectivity index (χ1) is 10.2. The summed E-state index contributed by atoms with van der Waals surface area (Å²) in [5.41, 5.74) is 2.46. The molecule has 106 valence electrons. The fraction of sp³-hybridized carbons (Fsp3) is 0.235. The van der Waals surface area contributed by atoms with Crippen molar-refractivity contribution in [3.63, 3.8) is 0 Å². The van der Waals surface area contributed by atoms with E-state index in [9.17, 15) is 9.90 Å². The van der Waals surface area contributed by atoms with Gasteiger partial charge in [-0.3, -0.25) is 4.79 Å². The van der Waals surface area contributed by atoms with Crippen molar-refractivity contribution in [3.8, 4) is 5.75 Å². The molecule has 21 heavy (non-hydrogen) atoms. The summed E-state index contributed by atoms with van der Waals surface area (Å²) in [4.78, 5) is 12.7. The maximum absolute atomic E-state index is 12.7. The summed E-state index contributed by atoms with van der Waals surface area (Å²) in [5.74, 6) is 0.300. The van der Waals surface area contributed by atoms with Crippen molar-refractivity contribution in [3.05, 3.63) is 59.7 Å². The number of carbonyl (C=O) groups excluding carboxylic acids is 1. The number of hydrogen-bond donors (Lipinski definition) is 3. The molecule has 0 aliphatic carbocycles. The van der Waals surface area contributed by atoms with Gasteiger partial charge in [-0.05, 0) is 42.3 Å². The van der Waals surface area contributed by atoms with Crippen LogP contribution in [0, 0.1) is 0 Å². The lowest BCUT2D eigenvalue weighted by Crippen LogP contribution is -2.39. The van der Waals surface area contributed by atoms with E-state index in [1.807, 2.05) is 36.4 Å². The maximum Gasteiger partial charge on any atom is 0.237 e. The van der Waals surface area contributed by atoms with Gasteiger partial charge in [0.15, 0.2) is 0 Å². The quantitative estimate of drug-likeness (QED) is 0.751. The van der Waals surface area contributed by atoms with Gasteiger partial charge in [-0.2, -0.15) is 0 Å². The van der Waals surface area contributed by atoms with E-state index in [1.54, 1.807) is 12.1 Å². The average molecular weight is 280 g/mol. The minimum Gasteiger partial charge on any atom is -0.508 e. The zero-order valence-corrected chi connectivity index (χ0v) is 11.5. The van der Waals surface area contributed by atoms with E-state index < -0.39 is 5.41 Å². The number of aromatic hydroxyl groups is 1. The third kappa shape index (κ3) is 1.63. The molecule has 4 rings (SSSR count). The standard InChI is InChI=1S/C17H16N2O2/c20-12-7-5-11(6-8-12)15-17(9-10-18-15)13-3-1-2-4-14(13)19-16(17)21/h1-8,15,18,20H,9-10H2,(H,19,21)/t15-,17-/m0/s1. The molecule has 1 amide bonds. The first-order valence-electron chi connectivity index (χ1n) is 7.15. The van der Waals surface area contributed by atoms with Gasteiger partial charge >= 0.3 is 0 Å². The van der Waals surface area contributed by atoms with Gasteiger partial charge in [-0.15, -0.1) is 0 Å². The van der Waals surface area contributed by atoms with Crippen LogP contribution in [0.1, 0.15) is 23.6 Å². The minimum absolute atomic E-state index is 0.0618. The summed E-state index contributed by atoms with van der Waals surface area (Å²) in [6, 6.07) is 14.9. The lowest BCUT2D eigenvalue weighted by Gasteiger charge is -2.29. The molecule has 4 nitrogen and oxygen atoms in total. The van der Waals surface area contributed by atoms with Gasteiger partial charge in [0.25, 0.3) is 0 Å². The van der Waals surface area contributed by atoms with Crippen LogP contribution in [0.15, 0.2) is 48.5 Å². The highest BCUT2D eigenvalue weighted by molar-refractivity contribution is 6.07. The Morgan fingerprint density at radius 1 is 1.10 bits per heavy atom. The Balaban J connectivity index is 1.86. The highest BCUT2D eigenvalue weighted by atomic mass is 16.3. The summed E-state index contributed by atoms with van der Waals surface area (Å²) in [5, 5.41) is 15.9. The number of nitrogens with one attached hydrogen (secondary N) is 2. The second kappa shape index (κ2) is 4.33. The molecule has 0 saturated carbocycles. The predicted octanol–water partition coefficient (Wildman–Crippen LogP) is 2.32. The zero-order chi connectivity index (χ0) is 14.4. The number of benzene rings is 2. The van der Waals surface area contributed by atoms with Crippen molar-refractivity contribution in [2.45, 2.75) is 17.9 Å². The van der Waals surface area contributed by atoms with E-state index in [0.29, 0.717) is 0 Å². The van der Waals surface area contributed by atoms with Crippen molar-refractivity contribution >= 4 is 11.6 Å². The van der Waals surface area contributed by atoms with Gasteiger partial charge in [-0.1, -0.05) is 30.3 Å². The summed E-state index contributed by atoms with van der Waals surface area (Å²) >= 11 is 0. The highest BCUT2D eigenvalue weighted by Gasteiger charge is 2.55. The number of phenols is 1. The lowest BCUT2D eigenvalue weighted by atomic mass is 9.73. The van der Waals surface area contributed by atoms with Crippen molar-refractivity contribution in [1.29, 1.82) is 0 Å². The monoisotopic (exact) mass is 280 g/mol. The molecule has 2 aromatic rings. The van der Waals surface area contributed by atoms with Crippen LogP contribution in [-0.4, -0.2) is 17.6 Å². The van der Waals surface area contributed by atoms with Crippen molar-refractivity contribution < 1.29 is 9.90 Å². The number of para-hydroxylation sites is 1. The molecule has 2 heterocycles. The van der Waals surface area contributed by atoms with Crippen LogP contribution in [0.4, 0.5) is 5.69 Å². The molecule has 0 unspecified atom stereocenters. The van der Waals surface area contributed by atoms with E-state index in [2.05, 4.69) is 10.6 Å². The fourth-order valence-corrected chi connectivity index (χ4v) is 3.67. The van der Waals surface area contributed by atoms with Crippen LogP contribution >= 0.6 is 0 Å². The summed E-state index contributed by atoms with van der Waals surface area (Å²) in [6.07, 6.45) is 0.779. The first-order valence-corrected chi connectivity index (χ1v) is 7.15. The molecule has 2 atom stereocenters. The van der Waals surface area contributed by atoms with Gasteiger partial charge in [0.2, 0.25) is 5.91 Å². The molecule has 4 heteroatoms. The SMILES string of the molecule is O=C1Nc2ccccc2[C@]12CCN[C@H]2c1ccc(O)cc1. The number of anilines is 1. The summed E-state index contributed by atoms with van der Waals surface area (Å²) in [6.45, 7) is 0.799. The third-order valence-corrected chi connectivity index (χ3v) is 4.65. The largest absolute Gasteiger partial charge is 0.508 e. The van der Waals surface area contributed by atoms with Crippen LogP contribution in [0.5, 0.6) is 5.75 Å². The Labute approximate surface area is 122 Å². The van der Waals surface area contributed by atoms with E-state index in [0.717, 1.165) is 29.8 Å². The van der Waals surface area contributed by atoms with Gasteiger partial charge in [0.05, 0.1) is 11.5 Å². The Morgan fingerprint density at radius 3 is 2.67 bits per heavy atom. The molecule has 0 radical (unpaired) electrons. The van der Waals surface area contributed by atoms with Crippen LogP contribution in [0.2, 0.25) is 0 Å². The lowest BCUT2D eigenvalue weighted by molar-refractivity contribution is -0.121. The summed E-state index contributed by atoms with van der Waals surface area (Å²) in [7, 11) is 0. The molecule has 0 bridgehead atoms. The molecule has 1 spiro atoms. The van der Waals surface area contributed by atoms with Gasteiger partial charge in [-0.25, -0.2) is 0 Å². The summed E-state index contributed by atoms with van der Waals surface area (Å²) < 4.78 is 0. The molecule has 2 aliphatic rings. The Hall–Kier alpha value is -2.33. The Bertz CT molecular complexity index is 711. The van der Waals surface area contributed by atoms with E-state index >= 15 is 0 Å². The molecule has 2 aliphatic heterocycles. The second-order valence-corrected chi connectivity index (χ2v) is 5.70. The number of fused-ring (bicyclic) bond motifs is 2. The van der Waals surface area contributed by atoms with Crippen molar-refractivity contribution in [1.82, 2.24) is 5.32 Å². The Kier molecular flexibility index (Phi) is 2.56. The van der Waals surface area contributed by atoms with E-state index in [-0.39, 0.29) is 17.7 Å². The number of phenolic OH excluding ortho intramolecular Hbond substituents is 1. The third-order valence-electron chi connectivity index (χ3n) is 4.65. The molecule has 0 aromatic heterocycles. The molecule has 2 aromatic carbocycles. The molecular weight excluding hydrogens is 264 g/mol. The molecule has 3 N–H and O–H groups in total. The van der Waals surface area contributed by atoms with Gasteiger partial charge < -0.3 is 15.7 Å². The van der Waals surface area contributed by atoms with Crippen LogP contribution in [0.3, 0.4) is 0 Å².